The van der Waals surface area contributed by atoms with E-state index in [1.807, 2.05) is 18.2 Å². The van der Waals surface area contributed by atoms with Gasteiger partial charge in [-0.2, -0.15) is 0 Å². The third-order valence-electron chi connectivity index (χ3n) is 5.66. The minimum absolute atomic E-state index is 0.147. The van der Waals surface area contributed by atoms with Crippen LogP contribution in [0.5, 0.6) is 11.5 Å². The standard InChI is InChI=1S/C22H20N2O5/c1-24-21(26)15-6-4-14(10-16(15)22(24)27)20(25)23-19(12-2-3-12)13-5-7-17-18(11-13)29-9-8-28-17/h4-7,10-12,19H,2-3,8-9H2,1H3,(H,23,25). The zero-order valence-corrected chi connectivity index (χ0v) is 15.9. The first-order chi connectivity index (χ1) is 14.0. The van der Waals surface area contributed by atoms with Crippen molar-refractivity contribution in [1.82, 2.24) is 10.2 Å². The summed E-state index contributed by atoms with van der Waals surface area (Å²) >= 11 is 0. The molecule has 1 saturated carbocycles. The van der Waals surface area contributed by atoms with Crippen LogP contribution in [0.1, 0.15) is 55.5 Å². The lowest BCUT2D eigenvalue weighted by Gasteiger charge is -2.23. The molecule has 0 saturated heterocycles. The summed E-state index contributed by atoms with van der Waals surface area (Å²) in [5, 5.41) is 3.10. The Kier molecular flexibility index (Phi) is 4.04. The number of ether oxygens (including phenoxy) is 2. The van der Waals surface area contributed by atoms with E-state index in [2.05, 4.69) is 5.32 Å². The van der Waals surface area contributed by atoms with Crippen molar-refractivity contribution in [2.75, 3.05) is 20.3 Å². The summed E-state index contributed by atoms with van der Waals surface area (Å²) in [6, 6.07) is 10.2. The van der Waals surface area contributed by atoms with Gasteiger partial charge in [-0.3, -0.25) is 19.3 Å². The second-order valence-electron chi connectivity index (χ2n) is 7.62. The Balaban J connectivity index is 1.41. The molecular formula is C22H20N2O5. The molecule has 3 amide bonds. The van der Waals surface area contributed by atoms with Gasteiger partial charge in [-0.25, -0.2) is 0 Å². The van der Waals surface area contributed by atoms with Gasteiger partial charge in [0.05, 0.1) is 17.2 Å². The summed E-state index contributed by atoms with van der Waals surface area (Å²) in [6.45, 7) is 1.04. The number of hydrogen-bond donors (Lipinski definition) is 1. The van der Waals surface area contributed by atoms with Gasteiger partial charge in [0.1, 0.15) is 13.2 Å². The van der Waals surface area contributed by atoms with Gasteiger partial charge in [0.25, 0.3) is 17.7 Å². The average molecular weight is 392 g/mol. The molecule has 29 heavy (non-hydrogen) atoms. The minimum atomic E-state index is -0.384. The highest BCUT2D eigenvalue weighted by Gasteiger charge is 2.36. The molecule has 2 aromatic rings. The Morgan fingerprint density at radius 3 is 2.48 bits per heavy atom. The molecule has 148 valence electrons. The minimum Gasteiger partial charge on any atom is -0.486 e. The van der Waals surface area contributed by atoms with Crippen LogP contribution < -0.4 is 14.8 Å². The molecule has 2 aliphatic heterocycles. The summed E-state index contributed by atoms with van der Waals surface area (Å²) in [5.41, 5.74) is 1.94. The predicted octanol–water partition coefficient (Wildman–Crippen LogP) is 2.56. The predicted molar refractivity (Wildman–Crippen MR) is 103 cm³/mol. The molecule has 2 aromatic carbocycles. The quantitative estimate of drug-likeness (QED) is 0.809. The number of rotatable bonds is 4. The van der Waals surface area contributed by atoms with Crippen molar-refractivity contribution in [3.63, 3.8) is 0 Å². The van der Waals surface area contributed by atoms with E-state index in [4.69, 9.17) is 9.47 Å². The van der Waals surface area contributed by atoms with Crippen LogP contribution in [0.3, 0.4) is 0 Å². The van der Waals surface area contributed by atoms with Gasteiger partial charge in [-0.1, -0.05) is 6.07 Å². The highest BCUT2D eigenvalue weighted by molar-refractivity contribution is 6.21. The van der Waals surface area contributed by atoms with Crippen molar-refractivity contribution in [2.45, 2.75) is 18.9 Å². The lowest BCUT2D eigenvalue weighted by Crippen LogP contribution is -2.30. The number of benzene rings is 2. The summed E-state index contributed by atoms with van der Waals surface area (Å²) in [4.78, 5) is 38.3. The summed E-state index contributed by atoms with van der Waals surface area (Å²) < 4.78 is 11.3. The summed E-state index contributed by atoms with van der Waals surface area (Å²) in [5.74, 6) is 0.777. The lowest BCUT2D eigenvalue weighted by atomic mass is 10.00. The largest absolute Gasteiger partial charge is 0.486 e. The SMILES string of the molecule is CN1C(=O)c2ccc(C(=O)NC(c3ccc4c(c3)OCCO4)C3CC3)cc2C1=O. The maximum atomic E-state index is 12.9. The van der Waals surface area contributed by atoms with Crippen molar-refractivity contribution in [2.24, 2.45) is 5.92 Å². The van der Waals surface area contributed by atoms with Gasteiger partial charge < -0.3 is 14.8 Å². The van der Waals surface area contributed by atoms with Crippen LogP contribution in [-0.4, -0.2) is 42.9 Å². The Labute approximate surface area is 167 Å². The number of imide groups is 1. The molecule has 0 spiro atoms. The van der Waals surface area contributed by atoms with E-state index >= 15 is 0 Å². The fourth-order valence-electron chi connectivity index (χ4n) is 3.88. The number of hydrogen-bond acceptors (Lipinski definition) is 5. The van der Waals surface area contributed by atoms with Gasteiger partial charge in [0.15, 0.2) is 11.5 Å². The van der Waals surface area contributed by atoms with Crippen molar-refractivity contribution in [3.05, 3.63) is 58.7 Å². The molecule has 0 radical (unpaired) electrons. The molecule has 7 heteroatoms. The van der Waals surface area contributed by atoms with Gasteiger partial charge >= 0.3 is 0 Å². The normalized spacial score (nSPS) is 18.4. The molecule has 3 aliphatic rings. The van der Waals surface area contributed by atoms with Gasteiger partial charge in [0.2, 0.25) is 0 Å². The number of fused-ring (bicyclic) bond motifs is 2. The molecule has 2 heterocycles. The topological polar surface area (TPSA) is 84.9 Å². The number of amides is 3. The average Bonchev–Trinajstić information content (AvgIpc) is 3.57. The van der Waals surface area contributed by atoms with Crippen LogP contribution >= 0.6 is 0 Å². The molecule has 1 aliphatic carbocycles. The number of nitrogens with one attached hydrogen (secondary N) is 1. The van der Waals surface area contributed by atoms with E-state index in [1.165, 1.54) is 13.1 Å². The first kappa shape index (κ1) is 17.7. The highest BCUT2D eigenvalue weighted by atomic mass is 16.6. The van der Waals surface area contributed by atoms with Crippen LogP contribution in [-0.2, 0) is 0 Å². The van der Waals surface area contributed by atoms with Crippen molar-refractivity contribution in [1.29, 1.82) is 0 Å². The zero-order valence-electron chi connectivity index (χ0n) is 15.9. The first-order valence-corrected chi connectivity index (χ1v) is 9.70. The van der Waals surface area contributed by atoms with E-state index in [9.17, 15) is 14.4 Å². The summed E-state index contributed by atoms with van der Waals surface area (Å²) in [6.07, 6.45) is 2.09. The van der Waals surface area contributed by atoms with Crippen molar-refractivity contribution in [3.8, 4) is 11.5 Å². The van der Waals surface area contributed by atoms with Crippen molar-refractivity contribution < 1.29 is 23.9 Å². The third-order valence-corrected chi connectivity index (χ3v) is 5.66. The van der Waals surface area contributed by atoms with Crippen LogP contribution in [0.2, 0.25) is 0 Å². The number of carbonyl (C=O) groups is 3. The van der Waals surface area contributed by atoms with Gasteiger partial charge in [-0.05, 0) is 54.7 Å². The second kappa shape index (κ2) is 6.62. The molecule has 5 rings (SSSR count). The molecule has 7 nitrogen and oxygen atoms in total. The van der Waals surface area contributed by atoms with Crippen LogP contribution in [0.4, 0.5) is 0 Å². The lowest BCUT2D eigenvalue weighted by molar-refractivity contribution is 0.0693. The molecule has 0 bridgehead atoms. The van der Waals surface area contributed by atoms with Crippen molar-refractivity contribution >= 4 is 17.7 Å². The Hall–Kier alpha value is -3.35. The highest BCUT2D eigenvalue weighted by Crippen LogP contribution is 2.43. The maximum absolute atomic E-state index is 12.9. The van der Waals surface area contributed by atoms with E-state index in [-0.39, 0.29) is 29.3 Å². The Bertz CT molecular complexity index is 1040. The van der Waals surface area contributed by atoms with Gasteiger partial charge in [0, 0.05) is 12.6 Å². The van der Waals surface area contributed by atoms with E-state index in [0.29, 0.717) is 41.8 Å². The third kappa shape index (κ3) is 3.03. The van der Waals surface area contributed by atoms with Crippen LogP contribution in [0.15, 0.2) is 36.4 Å². The molecule has 0 aromatic heterocycles. The Morgan fingerprint density at radius 1 is 1.00 bits per heavy atom. The molecule has 1 N–H and O–H groups in total. The maximum Gasteiger partial charge on any atom is 0.261 e. The molecule has 1 fully saturated rings. The first-order valence-electron chi connectivity index (χ1n) is 9.70. The summed E-state index contributed by atoms with van der Waals surface area (Å²) in [7, 11) is 1.44. The monoisotopic (exact) mass is 392 g/mol. The fraction of sp³-hybridized carbons (Fsp3) is 0.318. The molecular weight excluding hydrogens is 372 g/mol. The molecule has 1 unspecified atom stereocenters. The fourth-order valence-corrected chi connectivity index (χ4v) is 3.88. The smallest absolute Gasteiger partial charge is 0.261 e. The van der Waals surface area contributed by atoms with E-state index in [0.717, 1.165) is 23.3 Å². The van der Waals surface area contributed by atoms with Crippen LogP contribution in [0.25, 0.3) is 0 Å². The van der Waals surface area contributed by atoms with Crippen LogP contribution in [0, 0.1) is 5.92 Å². The second-order valence-corrected chi connectivity index (χ2v) is 7.62. The zero-order chi connectivity index (χ0) is 20.1. The van der Waals surface area contributed by atoms with E-state index < -0.39 is 0 Å². The van der Waals surface area contributed by atoms with E-state index in [1.54, 1.807) is 12.1 Å². The number of carbonyl (C=O) groups excluding carboxylic acids is 3. The molecule has 1 atom stereocenters. The number of nitrogens with zero attached hydrogens (tertiary/aromatic N) is 1. The van der Waals surface area contributed by atoms with Gasteiger partial charge in [-0.15, -0.1) is 0 Å². The Morgan fingerprint density at radius 2 is 1.72 bits per heavy atom.